The first-order chi connectivity index (χ1) is 4.90. The number of fused-ring (bicyclic) bond motifs is 2. The van der Waals surface area contributed by atoms with Crippen LogP contribution in [0.4, 0.5) is 0 Å². The monoisotopic (exact) mass is 156 g/mol. The number of rotatable bonds is 1. The lowest BCUT2D eigenvalue weighted by molar-refractivity contribution is 0.361. The average Bonchev–Trinajstić information content (AvgIpc) is 2.26. The minimum atomic E-state index is 1.03. The Kier molecular flexibility index (Phi) is 1.94. The van der Waals surface area contributed by atoms with E-state index in [9.17, 15) is 0 Å². The van der Waals surface area contributed by atoms with Crippen molar-refractivity contribution in [1.29, 1.82) is 0 Å². The van der Waals surface area contributed by atoms with Crippen molar-refractivity contribution in [3.05, 3.63) is 0 Å². The van der Waals surface area contributed by atoms with E-state index in [0.717, 1.165) is 17.1 Å². The van der Waals surface area contributed by atoms with Crippen LogP contribution in [0, 0.1) is 11.8 Å². The Labute approximate surface area is 67.8 Å². The van der Waals surface area contributed by atoms with E-state index in [1.54, 1.807) is 6.42 Å². The van der Waals surface area contributed by atoms with E-state index in [1.165, 1.54) is 25.7 Å². The van der Waals surface area contributed by atoms with Crippen molar-refractivity contribution in [2.75, 3.05) is 6.26 Å². The summed E-state index contributed by atoms with van der Waals surface area (Å²) in [7, 11) is 0. The highest BCUT2D eigenvalue weighted by Crippen LogP contribution is 2.46. The predicted octanol–water partition coefficient (Wildman–Crippen LogP) is 2.93. The van der Waals surface area contributed by atoms with Gasteiger partial charge in [0.15, 0.2) is 0 Å². The van der Waals surface area contributed by atoms with Crippen LogP contribution in [0.1, 0.15) is 32.1 Å². The molecular weight excluding hydrogens is 140 g/mol. The van der Waals surface area contributed by atoms with Gasteiger partial charge in [0.1, 0.15) is 0 Å². The summed E-state index contributed by atoms with van der Waals surface area (Å²) < 4.78 is 0. The lowest BCUT2D eigenvalue weighted by Crippen LogP contribution is -2.10. The normalized spacial score (nSPS) is 45.9. The molecule has 3 atom stereocenters. The second kappa shape index (κ2) is 2.77. The van der Waals surface area contributed by atoms with E-state index in [2.05, 4.69) is 18.0 Å². The quantitative estimate of drug-likeness (QED) is 0.562. The van der Waals surface area contributed by atoms with E-state index in [4.69, 9.17) is 0 Å². The van der Waals surface area contributed by atoms with Crippen molar-refractivity contribution < 1.29 is 0 Å². The summed E-state index contributed by atoms with van der Waals surface area (Å²) >= 11 is 2.11. The van der Waals surface area contributed by atoms with Gasteiger partial charge in [-0.3, -0.25) is 0 Å². The summed E-state index contributed by atoms with van der Waals surface area (Å²) in [5.74, 6) is 2.23. The summed E-state index contributed by atoms with van der Waals surface area (Å²) in [6.07, 6.45) is 9.96. The number of thioether (sulfide) groups is 1. The molecule has 0 aliphatic heterocycles. The zero-order valence-electron chi connectivity index (χ0n) is 6.68. The summed E-state index contributed by atoms with van der Waals surface area (Å²) in [5.41, 5.74) is 0. The second-order valence-electron chi connectivity index (χ2n) is 3.80. The molecule has 0 heterocycles. The van der Waals surface area contributed by atoms with Crippen LogP contribution in [0.3, 0.4) is 0 Å². The molecule has 2 aliphatic rings. The SMILES string of the molecule is CS[C@@H]1CC2CCCC1C2. The van der Waals surface area contributed by atoms with E-state index >= 15 is 0 Å². The zero-order chi connectivity index (χ0) is 6.97. The maximum Gasteiger partial charge on any atom is 0.00752 e. The lowest BCUT2D eigenvalue weighted by Gasteiger charge is -2.19. The Morgan fingerprint density at radius 2 is 2.10 bits per heavy atom. The Hall–Kier alpha value is 0.350. The first-order valence-corrected chi connectivity index (χ1v) is 5.71. The zero-order valence-corrected chi connectivity index (χ0v) is 7.49. The number of hydrogen-bond donors (Lipinski definition) is 0. The van der Waals surface area contributed by atoms with Gasteiger partial charge in [0.25, 0.3) is 0 Å². The van der Waals surface area contributed by atoms with Gasteiger partial charge in [-0.1, -0.05) is 12.8 Å². The van der Waals surface area contributed by atoms with Crippen LogP contribution in [0.5, 0.6) is 0 Å². The smallest absolute Gasteiger partial charge is 0.00752 e. The van der Waals surface area contributed by atoms with Gasteiger partial charge in [-0.15, -0.1) is 0 Å². The molecule has 0 nitrogen and oxygen atoms in total. The summed E-state index contributed by atoms with van der Waals surface area (Å²) in [6.45, 7) is 0. The Balaban J connectivity index is 2.01. The highest BCUT2D eigenvalue weighted by Gasteiger charge is 2.35. The van der Waals surface area contributed by atoms with Crippen molar-refractivity contribution in [1.82, 2.24) is 0 Å². The van der Waals surface area contributed by atoms with Crippen molar-refractivity contribution in [2.24, 2.45) is 11.8 Å². The van der Waals surface area contributed by atoms with Crippen LogP contribution in [-0.2, 0) is 0 Å². The molecule has 2 fully saturated rings. The Morgan fingerprint density at radius 1 is 1.20 bits per heavy atom. The summed E-state index contributed by atoms with van der Waals surface area (Å²) in [4.78, 5) is 0. The first kappa shape index (κ1) is 7.02. The van der Waals surface area contributed by atoms with Gasteiger partial charge in [0, 0.05) is 5.25 Å². The third kappa shape index (κ3) is 1.09. The molecule has 2 bridgehead atoms. The fraction of sp³-hybridized carbons (Fsp3) is 1.00. The van der Waals surface area contributed by atoms with Gasteiger partial charge in [0.2, 0.25) is 0 Å². The standard InChI is InChI=1S/C9H16S/c1-10-9-6-7-3-2-4-8(9)5-7/h7-9H,2-6H2,1H3/t7?,8?,9-/m1/s1. The van der Waals surface area contributed by atoms with E-state index < -0.39 is 0 Å². The molecular formula is C9H16S. The molecule has 0 N–H and O–H groups in total. The third-order valence-corrected chi connectivity index (χ3v) is 4.40. The van der Waals surface area contributed by atoms with Crippen LogP contribution >= 0.6 is 11.8 Å². The molecule has 0 aromatic rings. The van der Waals surface area contributed by atoms with Crippen LogP contribution in [0.15, 0.2) is 0 Å². The molecule has 0 saturated heterocycles. The van der Waals surface area contributed by atoms with Crippen LogP contribution in [-0.4, -0.2) is 11.5 Å². The molecule has 0 aromatic heterocycles. The molecule has 2 rings (SSSR count). The minimum Gasteiger partial charge on any atom is -0.162 e. The molecule has 0 aromatic carbocycles. The summed E-state index contributed by atoms with van der Waals surface area (Å²) in [5, 5.41) is 1.03. The van der Waals surface area contributed by atoms with Crippen LogP contribution < -0.4 is 0 Å². The fourth-order valence-corrected chi connectivity index (χ4v) is 3.79. The van der Waals surface area contributed by atoms with Crippen LogP contribution in [0.25, 0.3) is 0 Å². The van der Waals surface area contributed by atoms with Crippen molar-refractivity contribution in [2.45, 2.75) is 37.4 Å². The first-order valence-electron chi connectivity index (χ1n) is 4.43. The molecule has 58 valence electrons. The van der Waals surface area contributed by atoms with Gasteiger partial charge < -0.3 is 0 Å². The van der Waals surface area contributed by atoms with E-state index in [1.807, 2.05) is 0 Å². The highest BCUT2D eigenvalue weighted by molar-refractivity contribution is 7.99. The predicted molar refractivity (Wildman–Crippen MR) is 47.4 cm³/mol. The highest BCUT2D eigenvalue weighted by atomic mass is 32.2. The van der Waals surface area contributed by atoms with Gasteiger partial charge in [-0.05, 0) is 37.4 Å². The third-order valence-electron chi connectivity index (χ3n) is 3.22. The van der Waals surface area contributed by atoms with Crippen LogP contribution in [0.2, 0.25) is 0 Å². The molecule has 2 saturated carbocycles. The maximum absolute atomic E-state index is 2.28. The average molecular weight is 156 g/mol. The van der Waals surface area contributed by atoms with Gasteiger partial charge in [-0.2, -0.15) is 11.8 Å². The second-order valence-corrected chi connectivity index (χ2v) is 4.88. The lowest BCUT2D eigenvalue weighted by atomic mass is 9.89. The summed E-state index contributed by atoms with van der Waals surface area (Å²) in [6, 6.07) is 0. The van der Waals surface area contributed by atoms with E-state index in [-0.39, 0.29) is 0 Å². The Morgan fingerprint density at radius 3 is 2.80 bits per heavy atom. The molecule has 0 amide bonds. The van der Waals surface area contributed by atoms with Gasteiger partial charge in [-0.25, -0.2) is 0 Å². The number of hydrogen-bond acceptors (Lipinski definition) is 1. The van der Waals surface area contributed by atoms with Gasteiger partial charge >= 0.3 is 0 Å². The molecule has 0 radical (unpaired) electrons. The molecule has 10 heavy (non-hydrogen) atoms. The topological polar surface area (TPSA) is 0 Å². The molecule has 0 spiro atoms. The maximum atomic E-state index is 2.28. The fourth-order valence-electron chi connectivity index (χ4n) is 2.69. The van der Waals surface area contributed by atoms with Gasteiger partial charge in [0.05, 0.1) is 0 Å². The van der Waals surface area contributed by atoms with Crippen molar-refractivity contribution >= 4 is 11.8 Å². The minimum absolute atomic E-state index is 1.03. The molecule has 2 unspecified atom stereocenters. The Bertz CT molecular complexity index is 122. The molecule has 2 aliphatic carbocycles. The van der Waals surface area contributed by atoms with Crippen molar-refractivity contribution in [3.63, 3.8) is 0 Å². The molecule has 1 heteroatoms. The van der Waals surface area contributed by atoms with Crippen molar-refractivity contribution in [3.8, 4) is 0 Å². The largest absolute Gasteiger partial charge is 0.162 e. The van der Waals surface area contributed by atoms with E-state index in [0.29, 0.717) is 0 Å².